The second kappa shape index (κ2) is 10.4. The summed E-state index contributed by atoms with van der Waals surface area (Å²) in [6.45, 7) is 4.58. The minimum Gasteiger partial charge on any atom is -0.493 e. The molecule has 8 heteroatoms. The van der Waals surface area contributed by atoms with Gasteiger partial charge < -0.3 is 24.3 Å². The molecule has 0 fully saturated rings. The average molecular weight is 418 g/mol. The molecule has 0 aliphatic heterocycles. The van der Waals surface area contributed by atoms with Crippen LogP contribution in [0.4, 0.5) is 5.82 Å². The van der Waals surface area contributed by atoms with E-state index >= 15 is 0 Å². The van der Waals surface area contributed by atoms with Crippen LogP contribution in [0.25, 0.3) is 21.3 Å². The fourth-order valence-corrected chi connectivity index (χ4v) is 4.01. The topological polar surface area (TPSA) is 74.7 Å². The Kier molecular flexibility index (Phi) is 7.62. The third kappa shape index (κ3) is 5.14. The Hall–Kier alpha value is -2.42. The van der Waals surface area contributed by atoms with E-state index in [1.165, 1.54) is 0 Å². The molecule has 0 radical (unpaired) electrons. The summed E-state index contributed by atoms with van der Waals surface area (Å²) in [5.41, 5.74) is 2.11. The first-order chi connectivity index (χ1) is 14.2. The molecule has 0 saturated carbocycles. The number of thiophene rings is 1. The van der Waals surface area contributed by atoms with E-state index in [0.29, 0.717) is 31.3 Å². The maximum Gasteiger partial charge on any atom is 0.161 e. The van der Waals surface area contributed by atoms with Gasteiger partial charge in [-0.15, -0.1) is 11.3 Å². The predicted molar refractivity (Wildman–Crippen MR) is 116 cm³/mol. The molecular formula is C21H27N3O4S. The number of aryl methyl sites for hydroxylation is 1. The highest BCUT2D eigenvalue weighted by atomic mass is 32.1. The molecule has 0 unspecified atom stereocenters. The van der Waals surface area contributed by atoms with Crippen molar-refractivity contribution in [2.45, 2.75) is 13.3 Å². The molecule has 7 nitrogen and oxygen atoms in total. The third-order valence-electron chi connectivity index (χ3n) is 4.43. The summed E-state index contributed by atoms with van der Waals surface area (Å²) >= 11 is 1.61. The fraction of sp³-hybridized carbons (Fsp3) is 0.429. The van der Waals surface area contributed by atoms with Gasteiger partial charge in [-0.1, -0.05) is 6.07 Å². The average Bonchev–Trinajstić information content (AvgIpc) is 3.16. The van der Waals surface area contributed by atoms with Gasteiger partial charge in [0.05, 0.1) is 32.8 Å². The molecule has 0 aliphatic carbocycles. The van der Waals surface area contributed by atoms with Crippen molar-refractivity contribution in [3.63, 3.8) is 0 Å². The van der Waals surface area contributed by atoms with Gasteiger partial charge in [0.15, 0.2) is 11.5 Å². The van der Waals surface area contributed by atoms with Gasteiger partial charge in [-0.25, -0.2) is 9.97 Å². The smallest absolute Gasteiger partial charge is 0.161 e. The van der Waals surface area contributed by atoms with Gasteiger partial charge in [0.2, 0.25) is 0 Å². The SMILES string of the molecule is COCCOCCCNc1nc(C)nc2scc(-c3ccc(OC)c(OC)c3)c12. The van der Waals surface area contributed by atoms with E-state index in [4.69, 9.17) is 18.9 Å². The first kappa shape index (κ1) is 21.3. The number of hydrogen-bond donors (Lipinski definition) is 1. The number of benzene rings is 1. The van der Waals surface area contributed by atoms with Crippen LogP contribution in [-0.2, 0) is 9.47 Å². The molecule has 0 atom stereocenters. The lowest BCUT2D eigenvalue weighted by Crippen LogP contribution is -2.10. The number of anilines is 1. The molecule has 1 aromatic carbocycles. The van der Waals surface area contributed by atoms with Crippen molar-refractivity contribution in [1.82, 2.24) is 9.97 Å². The van der Waals surface area contributed by atoms with E-state index in [2.05, 4.69) is 20.7 Å². The number of hydrogen-bond acceptors (Lipinski definition) is 8. The number of methoxy groups -OCH3 is 3. The normalized spacial score (nSPS) is 11.0. The van der Waals surface area contributed by atoms with E-state index in [0.717, 1.165) is 46.0 Å². The van der Waals surface area contributed by atoms with Crippen molar-refractivity contribution in [3.8, 4) is 22.6 Å². The molecule has 3 rings (SSSR count). The highest BCUT2D eigenvalue weighted by Gasteiger charge is 2.16. The van der Waals surface area contributed by atoms with Crippen LogP contribution >= 0.6 is 11.3 Å². The zero-order chi connectivity index (χ0) is 20.6. The third-order valence-corrected chi connectivity index (χ3v) is 5.30. The van der Waals surface area contributed by atoms with Crippen molar-refractivity contribution in [2.24, 2.45) is 0 Å². The van der Waals surface area contributed by atoms with Crippen LogP contribution in [0.5, 0.6) is 11.5 Å². The van der Waals surface area contributed by atoms with Crippen LogP contribution in [0.2, 0.25) is 0 Å². The van der Waals surface area contributed by atoms with Gasteiger partial charge in [0, 0.05) is 31.2 Å². The number of nitrogens with zero attached hydrogens (tertiary/aromatic N) is 2. The molecule has 0 spiro atoms. The van der Waals surface area contributed by atoms with Crippen LogP contribution in [0, 0.1) is 6.92 Å². The molecule has 2 heterocycles. The first-order valence-corrected chi connectivity index (χ1v) is 10.3. The Morgan fingerprint density at radius 3 is 2.59 bits per heavy atom. The predicted octanol–water partition coefficient (Wildman–Crippen LogP) is 4.15. The molecule has 3 aromatic rings. The number of rotatable bonds is 11. The van der Waals surface area contributed by atoms with Crippen LogP contribution in [0.1, 0.15) is 12.2 Å². The maximum atomic E-state index is 5.53. The molecule has 29 heavy (non-hydrogen) atoms. The monoisotopic (exact) mass is 417 g/mol. The van der Waals surface area contributed by atoms with Crippen molar-refractivity contribution < 1.29 is 18.9 Å². The molecule has 156 valence electrons. The summed E-state index contributed by atoms with van der Waals surface area (Å²) in [6.07, 6.45) is 0.879. The lowest BCUT2D eigenvalue weighted by molar-refractivity contribution is 0.0705. The van der Waals surface area contributed by atoms with E-state index < -0.39 is 0 Å². The zero-order valence-electron chi connectivity index (χ0n) is 17.3. The van der Waals surface area contributed by atoms with E-state index in [9.17, 15) is 0 Å². The summed E-state index contributed by atoms with van der Waals surface area (Å²) in [4.78, 5) is 10.2. The van der Waals surface area contributed by atoms with Gasteiger partial charge in [0.1, 0.15) is 16.5 Å². The molecule has 2 aromatic heterocycles. The maximum absolute atomic E-state index is 5.53. The first-order valence-electron chi connectivity index (χ1n) is 9.46. The molecule has 0 saturated heterocycles. The molecule has 0 amide bonds. The van der Waals surface area contributed by atoms with Crippen molar-refractivity contribution in [2.75, 3.05) is 53.0 Å². The second-order valence-electron chi connectivity index (χ2n) is 6.40. The van der Waals surface area contributed by atoms with Crippen molar-refractivity contribution in [1.29, 1.82) is 0 Å². The Balaban J connectivity index is 1.83. The van der Waals surface area contributed by atoms with Crippen LogP contribution in [0.15, 0.2) is 23.6 Å². The Bertz CT molecular complexity index is 945. The van der Waals surface area contributed by atoms with E-state index in [1.807, 2.05) is 25.1 Å². The van der Waals surface area contributed by atoms with E-state index in [-0.39, 0.29) is 0 Å². The van der Waals surface area contributed by atoms with Gasteiger partial charge in [-0.3, -0.25) is 0 Å². The second-order valence-corrected chi connectivity index (χ2v) is 7.26. The summed E-state index contributed by atoms with van der Waals surface area (Å²) < 4.78 is 21.3. The van der Waals surface area contributed by atoms with E-state index in [1.54, 1.807) is 32.7 Å². The van der Waals surface area contributed by atoms with Gasteiger partial charge in [0.25, 0.3) is 0 Å². The highest BCUT2D eigenvalue weighted by molar-refractivity contribution is 7.17. The van der Waals surface area contributed by atoms with Crippen LogP contribution in [0.3, 0.4) is 0 Å². The van der Waals surface area contributed by atoms with Gasteiger partial charge in [-0.2, -0.15) is 0 Å². The number of nitrogens with one attached hydrogen (secondary N) is 1. The minimum absolute atomic E-state index is 0.612. The highest BCUT2D eigenvalue weighted by Crippen LogP contribution is 2.40. The Morgan fingerprint density at radius 2 is 1.83 bits per heavy atom. The Morgan fingerprint density at radius 1 is 1.00 bits per heavy atom. The van der Waals surface area contributed by atoms with Gasteiger partial charge >= 0.3 is 0 Å². The van der Waals surface area contributed by atoms with Crippen molar-refractivity contribution in [3.05, 3.63) is 29.4 Å². The number of fused-ring (bicyclic) bond motifs is 1. The van der Waals surface area contributed by atoms with Crippen LogP contribution in [-0.4, -0.2) is 57.7 Å². The zero-order valence-corrected chi connectivity index (χ0v) is 18.1. The summed E-state index contributed by atoms with van der Waals surface area (Å²) in [6, 6.07) is 5.92. The Labute approximate surface area is 175 Å². The van der Waals surface area contributed by atoms with Gasteiger partial charge in [-0.05, 0) is 31.0 Å². The molecule has 1 N–H and O–H groups in total. The summed E-state index contributed by atoms with van der Waals surface area (Å²) in [5, 5.41) is 6.59. The number of aromatic nitrogens is 2. The largest absolute Gasteiger partial charge is 0.493 e. The minimum atomic E-state index is 0.612. The quantitative estimate of drug-likeness (QED) is 0.470. The molecule has 0 bridgehead atoms. The summed E-state index contributed by atoms with van der Waals surface area (Å²) in [5.74, 6) is 2.99. The number of ether oxygens (including phenoxy) is 4. The lowest BCUT2D eigenvalue weighted by atomic mass is 10.1. The molecule has 0 aliphatic rings. The van der Waals surface area contributed by atoms with Crippen LogP contribution < -0.4 is 14.8 Å². The van der Waals surface area contributed by atoms with Crippen molar-refractivity contribution >= 4 is 27.4 Å². The lowest BCUT2D eigenvalue weighted by Gasteiger charge is -2.12. The standard InChI is InChI=1S/C21H27N3O4S/c1-14-23-20(22-8-5-9-28-11-10-25-2)19-16(13-29-21(19)24-14)15-6-7-17(26-3)18(12-15)27-4/h6-7,12-13H,5,8-11H2,1-4H3,(H,22,23,24). The molecular weight excluding hydrogens is 390 g/mol. The summed E-state index contributed by atoms with van der Waals surface area (Å²) in [7, 11) is 4.95. The fourth-order valence-electron chi connectivity index (χ4n) is 3.02.